The molecule has 1 unspecified atom stereocenters. The molecule has 90 valence electrons. The number of allylic oxidation sites excluding steroid dienone is 9. The third-order valence-corrected chi connectivity index (χ3v) is 2.47. The maximum atomic E-state index is 3.94. The minimum atomic E-state index is 0.859. The summed E-state index contributed by atoms with van der Waals surface area (Å²) in [5.74, 6) is 0. The van der Waals surface area contributed by atoms with Crippen LogP contribution in [-0.4, -0.2) is 0 Å². The summed E-state index contributed by atoms with van der Waals surface area (Å²) in [6.45, 7) is 21.6. The molecule has 0 saturated carbocycles. The fourth-order valence-electron chi connectivity index (χ4n) is 0.968. The van der Waals surface area contributed by atoms with Gasteiger partial charge in [0.25, 0.3) is 0 Å². The van der Waals surface area contributed by atoms with Crippen molar-refractivity contribution >= 4 is 9.24 Å². The Morgan fingerprint density at radius 2 is 1.24 bits per heavy atom. The highest BCUT2D eigenvalue weighted by Gasteiger charge is 1.95. The zero-order valence-electron chi connectivity index (χ0n) is 10.6. The molecule has 17 heavy (non-hydrogen) atoms. The maximum absolute atomic E-state index is 3.94. The second-order valence-corrected chi connectivity index (χ2v) is 4.52. The van der Waals surface area contributed by atoms with E-state index >= 15 is 0 Å². The molecule has 0 aliphatic carbocycles. The first kappa shape index (κ1) is 15.6. The van der Waals surface area contributed by atoms with Gasteiger partial charge < -0.3 is 0 Å². The summed E-state index contributed by atoms with van der Waals surface area (Å²) in [5.41, 5.74) is 3.69. The molecule has 0 fully saturated rings. The zero-order chi connectivity index (χ0) is 13.4. The minimum absolute atomic E-state index is 0.859. The quantitative estimate of drug-likeness (QED) is 0.430. The largest absolute Gasteiger partial charge is 0.106 e. The standard InChI is InChI=1S/C16H21P/c1-7-12(2)13(3)8-9-14(4)15(5)10-11-16(6)17/h8-11H,2-7,17H2,1H3/b9-8-,11-10-. The summed E-state index contributed by atoms with van der Waals surface area (Å²) >= 11 is 0. The van der Waals surface area contributed by atoms with E-state index in [1.807, 2.05) is 24.3 Å². The van der Waals surface area contributed by atoms with Gasteiger partial charge in [0.2, 0.25) is 0 Å². The average molecular weight is 244 g/mol. The second-order valence-electron chi connectivity index (χ2n) is 3.77. The Balaban J connectivity index is 4.50. The number of hydrogen-bond donors (Lipinski definition) is 0. The molecular weight excluding hydrogens is 223 g/mol. The van der Waals surface area contributed by atoms with Gasteiger partial charge in [-0.05, 0) is 34.0 Å². The van der Waals surface area contributed by atoms with Crippen LogP contribution >= 0.6 is 9.24 Å². The number of hydrogen-bond acceptors (Lipinski definition) is 0. The van der Waals surface area contributed by atoms with Gasteiger partial charge in [0.15, 0.2) is 0 Å². The topological polar surface area (TPSA) is 0 Å². The van der Waals surface area contributed by atoms with E-state index in [4.69, 9.17) is 0 Å². The molecular formula is C16H21P. The molecule has 0 spiro atoms. The maximum Gasteiger partial charge on any atom is -0.0262 e. The van der Waals surface area contributed by atoms with E-state index < -0.39 is 0 Å². The lowest BCUT2D eigenvalue weighted by molar-refractivity contribution is 1.14. The molecule has 0 aromatic heterocycles. The fourth-order valence-corrected chi connectivity index (χ4v) is 1.06. The van der Waals surface area contributed by atoms with Crippen molar-refractivity contribution < 1.29 is 0 Å². The van der Waals surface area contributed by atoms with Crippen LogP contribution in [0.15, 0.2) is 84.8 Å². The van der Waals surface area contributed by atoms with Gasteiger partial charge >= 0.3 is 0 Å². The van der Waals surface area contributed by atoms with Crippen LogP contribution in [0.5, 0.6) is 0 Å². The molecule has 0 aromatic rings. The van der Waals surface area contributed by atoms with Crippen LogP contribution in [0.2, 0.25) is 0 Å². The molecule has 0 radical (unpaired) electrons. The van der Waals surface area contributed by atoms with Crippen molar-refractivity contribution in [3.8, 4) is 0 Å². The first-order valence-electron chi connectivity index (χ1n) is 5.44. The summed E-state index contributed by atoms with van der Waals surface area (Å²) < 4.78 is 0. The Labute approximate surface area is 108 Å². The summed E-state index contributed by atoms with van der Waals surface area (Å²) in [7, 11) is 2.52. The Kier molecular flexibility index (Phi) is 7.18. The van der Waals surface area contributed by atoms with Gasteiger partial charge in [0, 0.05) is 0 Å². The summed E-state index contributed by atoms with van der Waals surface area (Å²) in [6.07, 6.45) is 8.50. The predicted molar refractivity (Wildman–Crippen MR) is 84.0 cm³/mol. The molecule has 0 N–H and O–H groups in total. The monoisotopic (exact) mass is 244 g/mol. The summed E-state index contributed by atoms with van der Waals surface area (Å²) in [5, 5.41) is 0.909. The lowest BCUT2D eigenvalue weighted by Gasteiger charge is -2.02. The highest BCUT2D eigenvalue weighted by molar-refractivity contribution is 7.22. The van der Waals surface area contributed by atoms with E-state index in [9.17, 15) is 0 Å². The van der Waals surface area contributed by atoms with Crippen molar-refractivity contribution in [2.45, 2.75) is 13.3 Å². The van der Waals surface area contributed by atoms with Crippen LogP contribution in [0.25, 0.3) is 0 Å². The van der Waals surface area contributed by atoms with Crippen LogP contribution in [0.1, 0.15) is 13.3 Å². The summed E-state index contributed by atoms with van der Waals surface area (Å²) in [4.78, 5) is 0. The normalized spacial score (nSPS) is 10.7. The number of rotatable bonds is 7. The van der Waals surface area contributed by atoms with E-state index in [0.29, 0.717) is 0 Å². The van der Waals surface area contributed by atoms with Gasteiger partial charge in [-0.25, -0.2) is 0 Å². The average Bonchev–Trinajstić information content (AvgIpc) is 2.31. The van der Waals surface area contributed by atoms with Gasteiger partial charge in [-0.2, -0.15) is 0 Å². The predicted octanol–water partition coefficient (Wildman–Crippen LogP) is 5.12. The van der Waals surface area contributed by atoms with E-state index in [1.54, 1.807) is 0 Å². The molecule has 0 rings (SSSR count). The first-order valence-corrected chi connectivity index (χ1v) is 6.02. The van der Waals surface area contributed by atoms with Crippen molar-refractivity contribution in [1.82, 2.24) is 0 Å². The third-order valence-electron chi connectivity index (χ3n) is 2.28. The SMILES string of the molecule is C=C(P)/C=C\C(=C)C(=C)/C=C\C(=C)C(=C)CC. The Morgan fingerprint density at radius 1 is 0.824 bits per heavy atom. The molecule has 1 atom stereocenters. The Bertz CT molecular complexity index is 417. The van der Waals surface area contributed by atoms with E-state index in [-0.39, 0.29) is 0 Å². The lowest BCUT2D eigenvalue weighted by atomic mass is 10.0. The molecule has 0 aromatic carbocycles. The first-order chi connectivity index (χ1) is 7.88. The summed E-state index contributed by atoms with van der Waals surface area (Å²) in [6, 6.07) is 0. The second kappa shape index (κ2) is 7.81. The zero-order valence-corrected chi connectivity index (χ0v) is 11.8. The van der Waals surface area contributed by atoms with Crippen molar-refractivity contribution in [2.24, 2.45) is 0 Å². The molecule has 0 heterocycles. The van der Waals surface area contributed by atoms with E-state index in [2.05, 4.69) is 49.1 Å². The molecule has 0 bridgehead atoms. The van der Waals surface area contributed by atoms with Crippen LogP contribution in [0, 0.1) is 0 Å². The third kappa shape index (κ3) is 6.71. The molecule has 1 heteroatoms. The van der Waals surface area contributed by atoms with Gasteiger partial charge in [-0.1, -0.05) is 64.1 Å². The molecule has 0 aliphatic heterocycles. The molecule has 0 saturated heterocycles. The highest BCUT2D eigenvalue weighted by atomic mass is 31.0. The van der Waals surface area contributed by atoms with Crippen molar-refractivity contribution in [3.63, 3.8) is 0 Å². The lowest BCUT2D eigenvalue weighted by Crippen LogP contribution is -1.82. The molecule has 0 aliphatic rings. The van der Waals surface area contributed by atoms with Crippen LogP contribution in [-0.2, 0) is 0 Å². The van der Waals surface area contributed by atoms with E-state index in [0.717, 1.165) is 34.0 Å². The van der Waals surface area contributed by atoms with Crippen molar-refractivity contribution in [1.29, 1.82) is 0 Å². The van der Waals surface area contributed by atoms with Crippen LogP contribution in [0.4, 0.5) is 0 Å². The van der Waals surface area contributed by atoms with Crippen LogP contribution in [0.3, 0.4) is 0 Å². The highest BCUT2D eigenvalue weighted by Crippen LogP contribution is 2.15. The van der Waals surface area contributed by atoms with E-state index in [1.165, 1.54) is 0 Å². The van der Waals surface area contributed by atoms with Gasteiger partial charge in [0.05, 0.1) is 0 Å². The Hall–Kier alpha value is -1.39. The van der Waals surface area contributed by atoms with Crippen molar-refractivity contribution in [2.75, 3.05) is 0 Å². The van der Waals surface area contributed by atoms with Gasteiger partial charge in [-0.15, -0.1) is 9.24 Å². The minimum Gasteiger partial charge on any atom is -0.106 e. The van der Waals surface area contributed by atoms with Gasteiger partial charge in [0.1, 0.15) is 0 Å². The molecule has 0 nitrogen and oxygen atoms in total. The molecule has 0 amide bonds. The van der Waals surface area contributed by atoms with Crippen molar-refractivity contribution in [3.05, 3.63) is 84.8 Å². The smallest absolute Gasteiger partial charge is 0.0262 e. The van der Waals surface area contributed by atoms with Crippen LogP contribution < -0.4 is 0 Å². The van der Waals surface area contributed by atoms with Gasteiger partial charge in [-0.3, -0.25) is 0 Å². The Morgan fingerprint density at radius 3 is 1.65 bits per heavy atom. The fraction of sp³-hybridized carbons (Fsp3) is 0.125.